The number of rotatable bonds is 7. The smallest absolute Gasteiger partial charge is 0.264 e. The number of nitrogens with zero attached hydrogens (tertiary/aromatic N) is 3. The summed E-state index contributed by atoms with van der Waals surface area (Å²) in [5, 5.41) is 4.88. The lowest BCUT2D eigenvalue weighted by Crippen LogP contribution is -2.35. The number of amides is 1. The molecule has 2 aliphatic heterocycles. The number of carbonyl (C=O) groups excluding carboxylic acids is 1. The predicted molar refractivity (Wildman–Crippen MR) is 198 cm³/mol. The second-order valence-electron chi connectivity index (χ2n) is 11.9. The van der Waals surface area contributed by atoms with Gasteiger partial charge in [0.25, 0.3) is 15.9 Å². The molecule has 1 amide bonds. The number of halogens is 1. The third-order valence-electron chi connectivity index (χ3n) is 8.89. The predicted octanol–water partition coefficient (Wildman–Crippen LogP) is 8.40. The molecule has 4 heterocycles. The minimum Gasteiger partial charge on any atom is -0.313 e. The number of hydrogen-bond acceptors (Lipinski definition) is 7. The quantitative estimate of drug-likeness (QED) is 0.180. The first-order chi connectivity index (χ1) is 22.9. The van der Waals surface area contributed by atoms with E-state index >= 15 is 0 Å². The second-order valence-corrected chi connectivity index (χ2v) is 15.9. The molecule has 0 fully saturated rings. The molecule has 0 saturated heterocycles. The lowest BCUT2D eigenvalue weighted by atomic mass is 10.0. The molecule has 2 aromatic heterocycles. The maximum atomic E-state index is 13.7. The summed E-state index contributed by atoms with van der Waals surface area (Å²) in [6.45, 7) is 3.02. The summed E-state index contributed by atoms with van der Waals surface area (Å²) < 4.78 is 29.9. The Morgan fingerprint density at radius 3 is 2.40 bits per heavy atom. The highest BCUT2D eigenvalue weighted by atomic mass is 35.5. The number of thiazole rings is 1. The van der Waals surface area contributed by atoms with Gasteiger partial charge in [0, 0.05) is 42.2 Å². The molecule has 0 unspecified atom stereocenters. The van der Waals surface area contributed by atoms with Crippen LogP contribution in [0.25, 0.3) is 20.8 Å². The average Bonchev–Trinajstić information content (AvgIpc) is 3.69. The van der Waals surface area contributed by atoms with E-state index in [1.165, 1.54) is 32.4 Å². The number of sulfonamides is 1. The molecule has 0 aliphatic carbocycles. The number of anilines is 2. The van der Waals surface area contributed by atoms with Crippen LogP contribution in [-0.2, 0) is 36.0 Å². The first-order valence-corrected chi connectivity index (χ1v) is 18.8. The average molecular weight is 713 g/mol. The van der Waals surface area contributed by atoms with Crippen LogP contribution in [0.3, 0.4) is 0 Å². The van der Waals surface area contributed by atoms with Gasteiger partial charge in [-0.15, -0.1) is 35.1 Å². The Kier molecular flexibility index (Phi) is 9.10. The van der Waals surface area contributed by atoms with Gasteiger partial charge in [-0.05, 0) is 78.4 Å². The Labute approximate surface area is 294 Å². The minimum atomic E-state index is -3.77. The Morgan fingerprint density at radius 2 is 1.58 bits per heavy atom. The van der Waals surface area contributed by atoms with Gasteiger partial charge in [-0.3, -0.25) is 14.0 Å². The molecule has 7 nitrogen and oxygen atoms in total. The highest BCUT2D eigenvalue weighted by Crippen LogP contribution is 2.46. The number of hydrogen-bond donors (Lipinski definition) is 1. The number of aryl methyl sites for hydroxylation is 1. The van der Waals surface area contributed by atoms with Crippen LogP contribution in [0.4, 0.5) is 10.7 Å². The van der Waals surface area contributed by atoms with Gasteiger partial charge in [0.15, 0.2) is 0 Å². The summed E-state index contributed by atoms with van der Waals surface area (Å²) in [5.41, 5.74) is 6.63. The standard InChI is InChI=1S/C37H32N4O3S3.ClH/c42-35(27-16-18-28(19-17-27)47(43,44)41-21-8-12-26-11-4-6-14-31(26)41)39-37-34(36-38-30-13-5-7-15-32(30)45-36)29-20-22-40(24-33(29)46-37)23-25-9-2-1-3-10-25;/h1-7,9-11,13-19H,8,12,20-24H2,(H,39,42);1H. The molecule has 0 radical (unpaired) electrons. The summed E-state index contributed by atoms with van der Waals surface area (Å²) in [6.07, 6.45) is 2.49. The van der Waals surface area contributed by atoms with Crippen molar-refractivity contribution in [3.8, 4) is 10.6 Å². The van der Waals surface area contributed by atoms with E-state index in [2.05, 4.69) is 40.5 Å². The second kappa shape index (κ2) is 13.4. The molecule has 11 heteroatoms. The van der Waals surface area contributed by atoms with Crippen molar-refractivity contribution in [2.45, 2.75) is 37.2 Å². The van der Waals surface area contributed by atoms with Crippen LogP contribution < -0.4 is 9.62 Å². The van der Waals surface area contributed by atoms with E-state index < -0.39 is 10.0 Å². The van der Waals surface area contributed by atoms with E-state index in [-0.39, 0.29) is 23.2 Å². The molecular weight excluding hydrogens is 680 g/mol. The Morgan fingerprint density at radius 1 is 0.833 bits per heavy atom. The molecule has 2 aliphatic rings. The molecule has 48 heavy (non-hydrogen) atoms. The highest BCUT2D eigenvalue weighted by molar-refractivity contribution is 7.92. The third kappa shape index (κ3) is 6.15. The van der Waals surface area contributed by atoms with Crippen molar-refractivity contribution in [3.63, 3.8) is 0 Å². The normalized spacial score (nSPS) is 14.6. The maximum Gasteiger partial charge on any atom is 0.264 e. The van der Waals surface area contributed by atoms with Gasteiger partial charge in [-0.25, -0.2) is 13.4 Å². The van der Waals surface area contributed by atoms with Gasteiger partial charge >= 0.3 is 0 Å². The SMILES string of the molecule is Cl.O=C(Nc1sc2c(c1-c1nc3ccccc3s1)CCN(Cc1ccccc1)C2)c1ccc(S(=O)(=O)N2CCCc3ccccc32)cc1. The molecule has 0 spiro atoms. The minimum absolute atomic E-state index is 0. The summed E-state index contributed by atoms with van der Waals surface area (Å²) in [5.74, 6) is -0.278. The van der Waals surface area contributed by atoms with Crippen molar-refractivity contribution in [1.82, 2.24) is 9.88 Å². The topological polar surface area (TPSA) is 82.6 Å². The first kappa shape index (κ1) is 32.5. The van der Waals surface area contributed by atoms with Gasteiger partial charge in [0.05, 0.1) is 20.8 Å². The van der Waals surface area contributed by atoms with E-state index in [1.54, 1.807) is 34.8 Å². The molecule has 8 rings (SSSR count). The first-order valence-electron chi connectivity index (χ1n) is 15.7. The fourth-order valence-corrected chi connectivity index (χ4v) is 10.5. The van der Waals surface area contributed by atoms with Crippen LogP contribution >= 0.6 is 35.1 Å². The number of thiophene rings is 1. The van der Waals surface area contributed by atoms with Crippen LogP contribution in [0.1, 0.15) is 38.3 Å². The zero-order valence-corrected chi connectivity index (χ0v) is 29.2. The van der Waals surface area contributed by atoms with Gasteiger partial charge in [-0.2, -0.15) is 0 Å². The van der Waals surface area contributed by atoms with Gasteiger partial charge in [-0.1, -0.05) is 60.7 Å². The van der Waals surface area contributed by atoms with Crippen molar-refractivity contribution in [3.05, 3.63) is 130 Å². The van der Waals surface area contributed by atoms with Gasteiger partial charge < -0.3 is 5.32 Å². The maximum absolute atomic E-state index is 13.7. The largest absolute Gasteiger partial charge is 0.313 e. The van der Waals surface area contributed by atoms with Crippen LogP contribution in [0.5, 0.6) is 0 Å². The molecular formula is C37H33ClN4O3S3. The van der Waals surface area contributed by atoms with Gasteiger partial charge in [0.1, 0.15) is 10.0 Å². The van der Waals surface area contributed by atoms with E-state index in [0.717, 1.165) is 75.9 Å². The molecule has 0 saturated carbocycles. The zero-order valence-electron chi connectivity index (χ0n) is 26.0. The number of benzene rings is 4. The number of para-hydroxylation sites is 2. The van der Waals surface area contributed by atoms with Crippen LogP contribution in [0, 0.1) is 0 Å². The van der Waals surface area contributed by atoms with Crippen LogP contribution in [-0.4, -0.2) is 37.3 Å². The number of fused-ring (bicyclic) bond motifs is 3. The fraction of sp³-hybridized carbons (Fsp3) is 0.189. The van der Waals surface area contributed by atoms with Gasteiger partial charge in [0.2, 0.25) is 0 Å². The molecule has 1 N–H and O–H groups in total. The Balaban J connectivity index is 0.00000364. The lowest BCUT2D eigenvalue weighted by Gasteiger charge is -2.30. The Bertz CT molecular complexity index is 2180. The summed E-state index contributed by atoms with van der Waals surface area (Å²) >= 11 is 3.26. The molecule has 0 atom stereocenters. The van der Waals surface area contributed by atoms with E-state index in [1.807, 2.05) is 48.5 Å². The highest BCUT2D eigenvalue weighted by Gasteiger charge is 2.30. The lowest BCUT2D eigenvalue weighted by molar-refractivity contribution is 0.102. The van der Waals surface area contributed by atoms with Crippen LogP contribution in [0.15, 0.2) is 108 Å². The number of nitrogens with one attached hydrogen (secondary N) is 1. The summed E-state index contributed by atoms with van der Waals surface area (Å²) in [7, 11) is -3.77. The summed E-state index contributed by atoms with van der Waals surface area (Å²) in [4.78, 5) is 22.6. The third-order valence-corrected chi connectivity index (χ3v) is 12.9. The van der Waals surface area contributed by atoms with E-state index in [9.17, 15) is 13.2 Å². The molecule has 0 bridgehead atoms. The van der Waals surface area contributed by atoms with Crippen molar-refractivity contribution < 1.29 is 13.2 Å². The van der Waals surface area contributed by atoms with Crippen LogP contribution in [0.2, 0.25) is 0 Å². The van der Waals surface area contributed by atoms with E-state index in [0.29, 0.717) is 12.1 Å². The Hall–Kier alpha value is -4.06. The number of carbonyl (C=O) groups is 1. The molecule has 4 aromatic carbocycles. The summed E-state index contributed by atoms with van der Waals surface area (Å²) in [6, 6.07) is 32.5. The van der Waals surface area contributed by atoms with E-state index in [4.69, 9.17) is 4.98 Å². The molecule has 244 valence electrons. The van der Waals surface area contributed by atoms with Crippen molar-refractivity contribution in [2.75, 3.05) is 22.7 Å². The fourth-order valence-electron chi connectivity index (χ4n) is 6.56. The van der Waals surface area contributed by atoms with Crippen molar-refractivity contribution in [1.29, 1.82) is 0 Å². The molecule has 6 aromatic rings. The monoisotopic (exact) mass is 712 g/mol. The number of aromatic nitrogens is 1. The van der Waals surface area contributed by atoms with Crippen molar-refractivity contribution in [2.24, 2.45) is 0 Å². The van der Waals surface area contributed by atoms with Crippen molar-refractivity contribution >= 4 is 71.9 Å². The zero-order chi connectivity index (χ0) is 32.0.